The fourth-order valence-electron chi connectivity index (χ4n) is 1.70. The zero-order valence-corrected chi connectivity index (χ0v) is 13.3. The summed E-state index contributed by atoms with van der Waals surface area (Å²) < 4.78 is 15.1. The molecule has 0 aliphatic carbocycles. The first-order valence-corrected chi connectivity index (χ1v) is 8.10. The Kier molecular flexibility index (Phi) is 6.41. The highest BCUT2D eigenvalue weighted by molar-refractivity contribution is 7.98. The second-order valence-electron chi connectivity index (χ2n) is 4.47. The number of hydrogen-bond donors (Lipinski definition) is 1. The Labute approximate surface area is 132 Å². The quantitative estimate of drug-likeness (QED) is 0.596. The van der Waals surface area contributed by atoms with Crippen molar-refractivity contribution in [3.8, 4) is 0 Å². The van der Waals surface area contributed by atoms with E-state index in [0.29, 0.717) is 12.3 Å². The topological polar surface area (TPSA) is 55.6 Å². The van der Waals surface area contributed by atoms with Gasteiger partial charge in [-0.2, -0.15) is 0 Å². The predicted octanol–water partition coefficient (Wildman–Crippen LogP) is 2.76. The van der Waals surface area contributed by atoms with Gasteiger partial charge in [0.25, 0.3) is 0 Å². The van der Waals surface area contributed by atoms with Crippen LogP contribution < -0.4 is 5.32 Å². The summed E-state index contributed by atoms with van der Waals surface area (Å²) in [6, 6.07) is 4.80. The lowest BCUT2D eigenvalue weighted by Crippen LogP contribution is -2.21. The third-order valence-corrected chi connectivity index (χ3v) is 4.11. The number of thioether (sulfide) groups is 1. The Balaban J connectivity index is 1.88. The van der Waals surface area contributed by atoms with Crippen molar-refractivity contribution < 1.29 is 4.39 Å². The van der Waals surface area contributed by atoms with Gasteiger partial charge in [0.2, 0.25) is 5.16 Å². The lowest BCUT2D eigenvalue weighted by molar-refractivity contribution is 0.510. The molecular weight excluding hydrogens is 313 g/mol. The van der Waals surface area contributed by atoms with Gasteiger partial charge in [-0.25, -0.2) is 9.07 Å². The summed E-state index contributed by atoms with van der Waals surface area (Å²) in [6.45, 7) is 4.64. The van der Waals surface area contributed by atoms with Crippen LogP contribution in [0.4, 0.5) is 4.39 Å². The van der Waals surface area contributed by atoms with Gasteiger partial charge in [-0.05, 0) is 41.1 Å². The van der Waals surface area contributed by atoms with E-state index in [1.54, 1.807) is 16.8 Å². The molecule has 0 spiro atoms. The molecule has 0 unspecified atom stereocenters. The molecule has 0 saturated heterocycles. The SMILES string of the molecule is CCCNCCn1nnnc1SCc1ccc(Cl)c(F)c1. The summed E-state index contributed by atoms with van der Waals surface area (Å²) >= 11 is 7.14. The van der Waals surface area contributed by atoms with Gasteiger partial charge in [0.15, 0.2) is 0 Å². The number of benzene rings is 1. The molecule has 114 valence electrons. The molecule has 0 bridgehead atoms. The first-order valence-electron chi connectivity index (χ1n) is 6.74. The third-order valence-electron chi connectivity index (χ3n) is 2.78. The van der Waals surface area contributed by atoms with E-state index in [4.69, 9.17) is 11.6 Å². The number of aromatic nitrogens is 4. The molecule has 0 aliphatic heterocycles. The molecule has 1 heterocycles. The maximum absolute atomic E-state index is 13.4. The Morgan fingerprint density at radius 1 is 1.38 bits per heavy atom. The average Bonchev–Trinajstić information content (AvgIpc) is 2.92. The van der Waals surface area contributed by atoms with Crippen LogP contribution in [0.2, 0.25) is 5.02 Å². The molecule has 0 fully saturated rings. The molecule has 0 amide bonds. The summed E-state index contributed by atoms with van der Waals surface area (Å²) in [5.41, 5.74) is 0.848. The van der Waals surface area contributed by atoms with Crippen LogP contribution in [-0.4, -0.2) is 33.3 Å². The predicted molar refractivity (Wildman–Crippen MR) is 81.9 cm³/mol. The molecular formula is C13H17ClFN5S. The van der Waals surface area contributed by atoms with Gasteiger partial charge >= 0.3 is 0 Å². The number of nitrogens with one attached hydrogen (secondary N) is 1. The molecule has 0 saturated carbocycles. The molecule has 0 atom stereocenters. The van der Waals surface area contributed by atoms with Crippen LogP contribution in [0, 0.1) is 5.82 Å². The highest BCUT2D eigenvalue weighted by atomic mass is 35.5. The van der Waals surface area contributed by atoms with Gasteiger partial charge in [0, 0.05) is 12.3 Å². The van der Waals surface area contributed by atoms with Crippen molar-refractivity contribution in [1.29, 1.82) is 0 Å². The largest absolute Gasteiger partial charge is 0.315 e. The van der Waals surface area contributed by atoms with Gasteiger partial charge < -0.3 is 5.32 Å². The number of halogens is 2. The standard InChI is InChI=1S/C13H17ClFN5S/c1-2-5-16-6-7-20-13(17-18-19-20)21-9-10-3-4-11(14)12(15)8-10/h3-4,8,16H,2,5-7,9H2,1H3. The Hall–Kier alpha value is -1.18. The summed E-state index contributed by atoms with van der Waals surface area (Å²) in [5, 5.41) is 15.8. The molecule has 8 heteroatoms. The van der Waals surface area contributed by atoms with Crippen molar-refractivity contribution in [1.82, 2.24) is 25.5 Å². The molecule has 5 nitrogen and oxygen atoms in total. The van der Waals surface area contributed by atoms with E-state index in [1.165, 1.54) is 17.8 Å². The fourth-order valence-corrected chi connectivity index (χ4v) is 2.67. The lowest BCUT2D eigenvalue weighted by atomic mass is 10.2. The minimum absolute atomic E-state index is 0.135. The highest BCUT2D eigenvalue weighted by Crippen LogP contribution is 2.22. The van der Waals surface area contributed by atoms with Crippen LogP contribution in [0.3, 0.4) is 0 Å². The van der Waals surface area contributed by atoms with Crippen LogP contribution in [0.5, 0.6) is 0 Å². The van der Waals surface area contributed by atoms with Crippen molar-refractivity contribution in [2.24, 2.45) is 0 Å². The number of tetrazole rings is 1. The normalized spacial score (nSPS) is 11.0. The second-order valence-corrected chi connectivity index (χ2v) is 5.82. The molecule has 1 N–H and O–H groups in total. The van der Waals surface area contributed by atoms with Crippen LogP contribution >= 0.6 is 23.4 Å². The molecule has 2 aromatic rings. The number of nitrogens with zero attached hydrogens (tertiary/aromatic N) is 4. The van der Waals surface area contributed by atoms with Crippen LogP contribution in [0.15, 0.2) is 23.4 Å². The van der Waals surface area contributed by atoms with E-state index < -0.39 is 5.82 Å². The number of hydrogen-bond acceptors (Lipinski definition) is 5. The smallest absolute Gasteiger partial charge is 0.209 e. The van der Waals surface area contributed by atoms with Crippen molar-refractivity contribution in [3.63, 3.8) is 0 Å². The van der Waals surface area contributed by atoms with Crippen molar-refractivity contribution in [2.75, 3.05) is 13.1 Å². The molecule has 2 rings (SSSR count). The van der Waals surface area contributed by atoms with Gasteiger partial charge in [-0.1, -0.05) is 36.4 Å². The lowest BCUT2D eigenvalue weighted by Gasteiger charge is -2.05. The summed E-state index contributed by atoms with van der Waals surface area (Å²) in [7, 11) is 0. The first-order chi connectivity index (χ1) is 10.2. The minimum atomic E-state index is -0.405. The maximum atomic E-state index is 13.4. The van der Waals surface area contributed by atoms with Gasteiger partial charge in [-0.3, -0.25) is 0 Å². The Bertz CT molecular complexity index is 577. The summed E-state index contributed by atoms with van der Waals surface area (Å²) in [6.07, 6.45) is 1.10. The van der Waals surface area contributed by atoms with E-state index in [2.05, 4.69) is 27.8 Å². The van der Waals surface area contributed by atoms with E-state index in [9.17, 15) is 4.39 Å². The molecule has 0 radical (unpaired) electrons. The Morgan fingerprint density at radius 3 is 3.00 bits per heavy atom. The van der Waals surface area contributed by atoms with E-state index in [-0.39, 0.29) is 5.02 Å². The zero-order chi connectivity index (χ0) is 15.1. The van der Waals surface area contributed by atoms with Crippen LogP contribution in [0.1, 0.15) is 18.9 Å². The fraction of sp³-hybridized carbons (Fsp3) is 0.462. The molecule has 1 aromatic heterocycles. The average molecular weight is 330 g/mol. The van der Waals surface area contributed by atoms with Gasteiger partial charge in [0.05, 0.1) is 11.6 Å². The third kappa shape index (κ3) is 4.94. The molecule has 1 aromatic carbocycles. The van der Waals surface area contributed by atoms with Gasteiger partial charge in [0.1, 0.15) is 5.82 Å². The van der Waals surface area contributed by atoms with Crippen molar-refractivity contribution in [2.45, 2.75) is 30.8 Å². The van der Waals surface area contributed by atoms with Crippen LogP contribution in [0.25, 0.3) is 0 Å². The maximum Gasteiger partial charge on any atom is 0.209 e. The minimum Gasteiger partial charge on any atom is -0.315 e. The van der Waals surface area contributed by atoms with E-state index in [0.717, 1.165) is 30.2 Å². The monoisotopic (exact) mass is 329 g/mol. The molecule has 21 heavy (non-hydrogen) atoms. The van der Waals surface area contributed by atoms with Crippen molar-refractivity contribution >= 4 is 23.4 Å². The first kappa shape index (κ1) is 16.2. The summed E-state index contributed by atoms with van der Waals surface area (Å²) in [5.74, 6) is 0.190. The van der Waals surface area contributed by atoms with E-state index >= 15 is 0 Å². The highest BCUT2D eigenvalue weighted by Gasteiger charge is 2.08. The van der Waals surface area contributed by atoms with Crippen LogP contribution in [-0.2, 0) is 12.3 Å². The second kappa shape index (κ2) is 8.31. The van der Waals surface area contributed by atoms with E-state index in [1.807, 2.05) is 0 Å². The van der Waals surface area contributed by atoms with Crippen molar-refractivity contribution in [3.05, 3.63) is 34.6 Å². The summed E-state index contributed by atoms with van der Waals surface area (Å²) in [4.78, 5) is 0. The zero-order valence-electron chi connectivity index (χ0n) is 11.7. The number of rotatable bonds is 8. The van der Waals surface area contributed by atoms with Gasteiger partial charge in [-0.15, -0.1) is 5.10 Å². The Morgan fingerprint density at radius 2 is 2.24 bits per heavy atom. The molecule has 0 aliphatic rings.